The first-order chi connectivity index (χ1) is 20.5. The van der Waals surface area contributed by atoms with E-state index in [2.05, 4.69) is 0 Å². The molecule has 0 saturated carbocycles. The van der Waals surface area contributed by atoms with Gasteiger partial charge in [-0.3, -0.25) is 0 Å². The van der Waals surface area contributed by atoms with Gasteiger partial charge in [0.05, 0.1) is 19.8 Å². The number of ether oxygens (including phenoxy) is 6. The molecule has 15 heteroatoms. The number of benzene rings is 2. The summed E-state index contributed by atoms with van der Waals surface area (Å²) >= 11 is 0. The normalized spacial score (nSPS) is 34.5. The summed E-state index contributed by atoms with van der Waals surface area (Å²) in [7, 11) is 0. The molecule has 43 heavy (non-hydrogen) atoms. The fourth-order valence-electron chi connectivity index (χ4n) is 4.87. The van der Waals surface area contributed by atoms with Crippen molar-refractivity contribution in [3.05, 3.63) is 53.6 Å². The summed E-state index contributed by atoms with van der Waals surface area (Å²) in [5.74, 6) is -2.37. The summed E-state index contributed by atoms with van der Waals surface area (Å²) in [5.41, 5.74) is 0.793. The number of hydrogen-bond acceptors (Lipinski definition) is 15. The zero-order valence-corrected chi connectivity index (χ0v) is 22.4. The first kappa shape index (κ1) is 30.9. The van der Waals surface area contributed by atoms with Gasteiger partial charge in [0.15, 0.2) is 41.7 Å². The van der Waals surface area contributed by atoms with E-state index in [9.17, 15) is 45.6 Å². The fourth-order valence-corrected chi connectivity index (χ4v) is 4.87. The fraction of sp³-hybridized carbons (Fsp3) is 0.464. The van der Waals surface area contributed by atoms with Crippen LogP contribution < -0.4 is 0 Å². The largest absolute Gasteiger partial charge is 0.504 e. The van der Waals surface area contributed by atoms with Gasteiger partial charge in [-0.05, 0) is 41.5 Å². The van der Waals surface area contributed by atoms with Gasteiger partial charge in [0.2, 0.25) is 0 Å². The number of carbonyl (C=O) groups excluding carboxylic acids is 1. The highest BCUT2D eigenvalue weighted by Gasteiger charge is 2.52. The van der Waals surface area contributed by atoms with Crippen LogP contribution in [0.1, 0.15) is 17.2 Å². The molecule has 8 N–H and O–H groups in total. The minimum Gasteiger partial charge on any atom is -0.504 e. The molecule has 0 radical (unpaired) electrons. The number of phenolic OH excluding ortho intramolecular Hbond substituents is 4. The van der Waals surface area contributed by atoms with Crippen LogP contribution in [0.4, 0.5) is 0 Å². The van der Waals surface area contributed by atoms with Gasteiger partial charge in [-0.25, -0.2) is 4.79 Å². The Morgan fingerprint density at radius 2 is 1.56 bits per heavy atom. The molecule has 2 aromatic carbocycles. The van der Waals surface area contributed by atoms with Crippen molar-refractivity contribution in [2.75, 3.05) is 19.8 Å². The van der Waals surface area contributed by atoms with E-state index in [1.165, 1.54) is 42.5 Å². The van der Waals surface area contributed by atoms with E-state index in [0.29, 0.717) is 11.1 Å². The van der Waals surface area contributed by atoms with E-state index in [0.717, 1.165) is 6.08 Å². The van der Waals surface area contributed by atoms with Gasteiger partial charge in [-0.1, -0.05) is 12.1 Å². The van der Waals surface area contributed by atoms with Crippen LogP contribution >= 0.6 is 0 Å². The topological polar surface area (TPSA) is 234 Å². The van der Waals surface area contributed by atoms with Crippen LogP contribution in [0.15, 0.2) is 42.5 Å². The Morgan fingerprint density at radius 3 is 2.28 bits per heavy atom. The molecular weight excluding hydrogens is 576 g/mol. The highest BCUT2D eigenvalue weighted by molar-refractivity contribution is 5.87. The van der Waals surface area contributed by atoms with Crippen LogP contribution in [-0.4, -0.2) is 122 Å². The smallest absolute Gasteiger partial charge is 0.331 e. The number of aromatic hydroxyl groups is 4. The Bertz CT molecular complexity index is 1320. The van der Waals surface area contributed by atoms with E-state index in [4.69, 9.17) is 28.4 Å². The second kappa shape index (κ2) is 13.0. The molecule has 0 bridgehead atoms. The third kappa shape index (κ3) is 6.85. The number of hydrogen-bond donors (Lipinski definition) is 8. The molecular formula is C28H32O15. The second-order valence-corrected chi connectivity index (χ2v) is 10.3. The molecule has 3 aliphatic rings. The zero-order chi connectivity index (χ0) is 30.8. The highest BCUT2D eigenvalue weighted by Crippen LogP contribution is 2.38. The average Bonchev–Trinajstić information content (AvgIpc) is 2.99. The number of aliphatic hydroxyl groups excluding tert-OH is 4. The van der Waals surface area contributed by atoms with Crippen LogP contribution in [0, 0.1) is 0 Å². The van der Waals surface area contributed by atoms with E-state index >= 15 is 0 Å². The van der Waals surface area contributed by atoms with Crippen molar-refractivity contribution in [1.82, 2.24) is 0 Å². The second-order valence-electron chi connectivity index (χ2n) is 10.3. The molecule has 0 amide bonds. The third-order valence-electron chi connectivity index (χ3n) is 7.27. The minimum absolute atomic E-state index is 0.0749. The number of phenols is 4. The van der Waals surface area contributed by atoms with Crippen molar-refractivity contribution < 1.29 is 74.1 Å². The van der Waals surface area contributed by atoms with E-state index < -0.39 is 85.5 Å². The van der Waals surface area contributed by atoms with Gasteiger partial charge < -0.3 is 69.3 Å². The lowest BCUT2D eigenvalue weighted by atomic mass is 9.97. The van der Waals surface area contributed by atoms with Crippen LogP contribution in [0.5, 0.6) is 23.0 Å². The maximum Gasteiger partial charge on any atom is 0.331 e. The molecule has 0 aromatic heterocycles. The van der Waals surface area contributed by atoms with E-state index in [1.54, 1.807) is 0 Å². The van der Waals surface area contributed by atoms with Crippen LogP contribution in [-0.2, 0) is 33.2 Å². The van der Waals surface area contributed by atoms with Crippen molar-refractivity contribution in [2.24, 2.45) is 0 Å². The Labute approximate surface area is 244 Å². The molecule has 3 heterocycles. The van der Waals surface area contributed by atoms with Gasteiger partial charge in [0.25, 0.3) is 0 Å². The van der Waals surface area contributed by atoms with Crippen LogP contribution in [0.25, 0.3) is 6.08 Å². The molecule has 2 aromatic rings. The first-order valence-corrected chi connectivity index (χ1v) is 13.3. The van der Waals surface area contributed by atoms with Gasteiger partial charge in [-0.2, -0.15) is 0 Å². The van der Waals surface area contributed by atoms with Crippen molar-refractivity contribution >= 4 is 12.0 Å². The Hall–Kier alpha value is -3.51. The molecule has 234 valence electrons. The Balaban J connectivity index is 1.32. The number of fused-ring (bicyclic) bond motifs is 1. The van der Waals surface area contributed by atoms with Crippen molar-refractivity contribution in [3.63, 3.8) is 0 Å². The van der Waals surface area contributed by atoms with Crippen molar-refractivity contribution in [3.8, 4) is 23.0 Å². The number of carbonyl (C=O) groups is 1. The summed E-state index contributed by atoms with van der Waals surface area (Å²) in [6, 6.07) is 7.94. The minimum atomic E-state index is -1.59. The molecule has 0 unspecified atom stereocenters. The molecule has 15 nitrogen and oxygen atoms in total. The Morgan fingerprint density at radius 1 is 0.837 bits per heavy atom. The maximum atomic E-state index is 12.8. The lowest BCUT2D eigenvalue weighted by molar-refractivity contribution is -0.358. The summed E-state index contributed by atoms with van der Waals surface area (Å²) < 4.78 is 34.1. The lowest BCUT2D eigenvalue weighted by Crippen LogP contribution is -2.63. The monoisotopic (exact) mass is 608 g/mol. The summed E-state index contributed by atoms with van der Waals surface area (Å²) in [4.78, 5) is 12.8. The molecule has 3 saturated heterocycles. The maximum absolute atomic E-state index is 12.8. The average molecular weight is 609 g/mol. The predicted octanol–water partition coefficient (Wildman–Crippen LogP) is -0.868. The SMILES string of the molecule is O=C(/C=C/c1ccc(O)c(O)c1)O[C@H]1[C@H](O)[C@@H](CO[C@@H]2OC[C@@H](O)[C@H](O)[C@H]2O)O[C@H]2OC[C@H](c3ccc(O)c(O)c3)O[C@@H]21. The third-order valence-corrected chi connectivity index (χ3v) is 7.27. The van der Waals surface area contributed by atoms with E-state index in [-0.39, 0.29) is 24.7 Å². The first-order valence-electron chi connectivity index (χ1n) is 13.3. The standard InChI is InChI=1S/C28H32O15/c29-14-4-1-12(7-16(14)31)2-6-21(34)43-25-23(36)20(11-39-27-24(37)22(35)18(33)9-38-27)42-28-26(25)41-19(10-40-28)13-3-5-15(30)17(32)8-13/h1-8,18-20,22-33,35-37H,9-11H2/b6-2+/t18-,19-,20-,22+,23-,24-,25+,26-,27+,28-/m1/s1. The summed E-state index contributed by atoms with van der Waals surface area (Å²) in [6.45, 7) is -0.795. The Kier molecular flexibility index (Phi) is 9.36. The zero-order valence-electron chi connectivity index (χ0n) is 22.4. The van der Waals surface area contributed by atoms with Crippen molar-refractivity contribution in [1.29, 1.82) is 0 Å². The molecule has 3 aliphatic heterocycles. The molecule has 5 rings (SSSR count). The number of esters is 1. The highest BCUT2D eigenvalue weighted by atomic mass is 16.8. The molecule has 0 spiro atoms. The predicted molar refractivity (Wildman–Crippen MR) is 140 cm³/mol. The molecule has 10 atom stereocenters. The quantitative estimate of drug-likeness (QED) is 0.108. The van der Waals surface area contributed by atoms with Gasteiger partial charge in [-0.15, -0.1) is 0 Å². The number of aliphatic hydroxyl groups is 4. The van der Waals surface area contributed by atoms with E-state index in [1.807, 2.05) is 0 Å². The van der Waals surface area contributed by atoms with Crippen LogP contribution in [0.2, 0.25) is 0 Å². The summed E-state index contributed by atoms with van der Waals surface area (Å²) in [6.07, 6.45) is -10.8. The van der Waals surface area contributed by atoms with Crippen molar-refractivity contribution in [2.45, 2.75) is 61.4 Å². The molecule has 0 aliphatic carbocycles. The molecule has 3 fully saturated rings. The van der Waals surface area contributed by atoms with Gasteiger partial charge in [0, 0.05) is 6.08 Å². The van der Waals surface area contributed by atoms with Crippen LogP contribution in [0.3, 0.4) is 0 Å². The number of rotatable bonds is 7. The summed E-state index contributed by atoms with van der Waals surface area (Å²) in [5, 5.41) is 79.7. The lowest BCUT2D eigenvalue weighted by Gasteiger charge is -2.47. The van der Waals surface area contributed by atoms with Gasteiger partial charge >= 0.3 is 5.97 Å². The van der Waals surface area contributed by atoms with Gasteiger partial charge in [0.1, 0.15) is 42.7 Å².